The molecule has 1 aliphatic rings. The SMILES string of the molecule is O=C(CCc1ncc(-c2ccc(F)cc2F)o1)NCCCN1CCCCCC1. The number of hydrogen-bond donors (Lipinski definition) is 1. The van der Waals surface area contributed by atoms with Crippen molar-refractivity contribution in [1.82, 2.24) is 15.2 Å². The number of rotatable bonds is 8. The van der Waals surface area contributed by atoms with Crippen molar-refractivity contribution >= 4 is 5.91 Å². The fourth-order valence-electron chi connectivity index (χ4n) is 3.44. The molecule has 3 rings (SSSR count). The highest BCUT2D eigenvalue weighted by Crippen LogP contribution is 2.24. The minimum Gasteiger partial charge on any atom is -0.441 e. The maximum absolute atomic E-state index is 13.8. The van der Waals surface area contributed by atoms with Crippen LogP contribution >= 0.6 is 0 Å². The molecular weight excluding hydrogens is 364 g/mol. The van der Waals surface area contributed by atoms with E-state index in [1.807, 2.05) is 0 Å². The summed E-state index contributed by atoms with van der Waals surface area (Å²) >= 11 is 0. The number of carbonyl (C=O) groups excluding carboxylic acids is 1. The molecule has 1 N–H and O–H groups in total. The minimum atomic E-state index is -0.704. The van der Waals surface area contributed by atoms with Crippen LogP contribution in [0.1, 0.15) is 44.4 Å². The van der Waals surface area contributed by atoms with Gasteiger partial charge in [-0.1, -0.05) is 12.8 Å². The monoisotopic (exact) mass is 391 g/mol. The van der Waals surface area contributed by atoms with Gasteiger partial charge in [0.1, 0.15) is 11.6 Å². The Bertz CT molecular complexity index is 771. The van der Waals surface area contributed by atoms with E-state index in [-0.39, 0.29) is 23.7 Å². The normalized spacial score (nSPS) is 15.4. The van der Waals surface area contributed by atoms with Crippen molar-refractivity contribution in [3.8, 4) is 11.3 Å². The summed E-state index contributed by atoms with van der Waals surface area (Å²) in [5.74, 6) is -0.814. The van der Waals surface area contributed by atoms with Crippen LogP contribution in [0.5, 0.6) is 0 Å². The molecule has 0 spiro atoms. The summed E-state index contributed by atoms with van der Waals surface area (Å²) in [5.41, 5.74) is 0.151. The second-order valence-corrected chi connectivity index (χ2v) is 7.20. The summed E-state index contributed by atoms with van der Waals surface area (Å²) < 4.78 is 32.3. The van der Waals surface area contributed by atoms with Crippen LogP contribution in [0.25, 0.3) is 11.3 Å². The van der Waals surface area contributed by atoms with Crippen LogP contribution in [0.4, 0.5) is 8.78 Å². The third kappa shape index (κ3) is 6.12. The maximum Gasteiger partial charge on any atom is 0.220 e. The number of amides is 1. The fraction of sp³-hybridized carbons (Fsp3) is 0.524. The highest BCUT2D eigenvalue weighted by atomic mass is 19.1. The minimum absolute atomic E-state index is 0.0522. The first-order chi connectivity index (χ1) is 13.6. The van der Waals surface area contributed by atoms with Gasteiger partial charge in [0.25, 0.3) is 0 Å². The number of halogens is 2. The van der Waals surface area contributed by atoms with Crippen LogP contribution < -0.4 is 5.32 Å². The summed E-state index contributed by atoms with van der Waals surface area (Å²) in [4.78, 5) is 18.6. The van der Waals surface area contributed by atoms with E-state index < -0.39 is 11.6 Å². The topological polar surface area (TPSA) is 58.4 Å². The number of nitrogens with zero attached hydrogens (tertiary/aromatic N) is 2. The van der Waals surface area contributed by atoms with Gasteiger partial charge < -0.3 is 14.6 Å². The largest absolute Gasteiger partial charge is 0.441 e. The van der Waals surface area contributed by atoms with Gasteiger partial charge in [0, 0.05) is 25.5 Å². The van der Waals surface area contributed by atoms with Crippen LogP contribution in [0.2, 0.25) is 0 Å². The van der Waals surface area contributed by atoms with Crippen molar-refractivity contribution in [2.45, 2.75) is 44.9 Å². The number of nitrogens with one attached hydrogen (secondary N) is 1. The average molecular weight is 391 g/mol. The smallest absolute Gasteiger partial charge is 0.220 e. The van der Waals surface area contributed by atoms with Gasteiger partial charge in [0.05, 0.1) is 11.8 Å². The van der Waals surface area contributed by atoms with E-state index in [1.54, 1.807) is 0 Å². The van der Waals surface area contributed by atoms with Gasteiger partial charge in [-0.05, 0) is 51.0 Å². The molecule has 1 aliphatic heterocycles. The van der Waals surface area contributed by atoms with Crippen molar-refractivity contribution < 1.29 is 18.0 Å². The molecule has 7 heteroatoms. The summed E-state index contributed by atoms with van der Waals surface area (Å²) in [5, 5.41) is 2.93. The predicted octanol–water partition coefficient (Wildman–Crippen LogP) is 3.93. The second kappa shape index (κ2) is 10.3. The molecule has 0 atom stereocenters. The highest BCUT2D eigenvalue weighted by molar-refractivity contribution is 5.76. The molecule has 0 aliphatic carbocycles. The Morgan fingerprint density at radius 1 is 1.18 bits per heavy atom. The lowest BCUT2D eigenvalue weighted by atomic mass is 10.2. The average Bonchev–Trinajstić information content (AvgIpc) is 2.98. The molecule has 2 heterocycles. The third-order valence-corrected chi connectivity index (χ3v) is 4.99. The Morgan fingerprint density at radius 2 is 1.96 bits per heavy atom. The number of likely N-dealkylation sites (tertiary alicyclic amines) is 1. The lowest BCUT2D eigenvalue weighted by Gasteiger charge is -2.19. The van der Waals surface area contributed by atoms with E-state index >= 15 is 0 Å². The van der Waals surface area contributed by atoms with Crippen molar-refractivity contribution in [1.29, 1.82) is 0 Å². The van der Waals surface area contributed by atoms with E-state index in [1.165, 1.54) is 44.0 Å². The van der Waals surface area contributed by atoms with E-state index in [4.69, 9.17) is 4.42 Å². The van der Waals surface area contributed by atoms with Crippen LogP contribution in [-0.4, -0.2) is 42.0 Å². The molecular formula is C21H27F2N3O2. The van der Waals surface area contributed by atoms with Gasteiger partial charge in [-0.3, -0.25) is 4.79 Å². The Labute approximate surface area is 164 Å². The van der Waals surface area contributed by atoms with Crippen LogP contribution in [-0.2, 0) is 11.2 Å². The number of hydrogen-bond acceptors (Lipinski definition) is 4. The van der Waals surface area contributed by atoms with Crippen LogP contribution in [0.3, 0.4) is 0 Å². The van der Waals surface area contributed by atoms with Gasteiger partial charge in [0.15, 0.2) is 11.7 Å². The van der Waals surface area contributed by atoms with Crippen molar-refractivity contribution in [2.75, 3.05) is 26.2 Å². The molecule has 0 bridgehead atoms. The van der Waals surface area contributed by atoms with Gasteiger partial charge in [-0.15, -0.1) is 0 Å². The van der Waals surface area contributed by atoms with Crippen LogP contribution in [0, 0.1) is 11.6 Å². The first-order valence-electron chi connectivity index (χ1n) is 10.0. The van der Waals surface area contributed by atoms with E-state index in [0.717, 1.165) is 32.1 Å². The molecule has 0 unspecified atom stereocenters. The molecule has 1 aromatic heterocycles. The third-order valence-electron chi connectivity index (χ3n) is 4.99. The first-order valence-corrected chi connectivity index (χ1v) is 10.0. The first kappa shape index (κ1) is 20.5. The fourth-order valence-corrected chi connectivity index (χ4v) is 3.44. The lowest BCUT2D eigenvalue weighted by Crippen LogP contribution is -2.30. The summed E-state index contributed by atoms with van der Waals surface area (Å²) in [7, 11) is 0. The zero-order chi connectivity index (χ0) is 19.8. The van der Waals surface area contributed by atoms with Gasteiger partial charge in [-0.25, -0.2) is 13.8 Å². The maximum atomic E-state index is 13.8. The van der Waals surface area contributed by atoms with Crippen LogP contribution in [0.15, 0.2) is 28.8 Å². The van der Waals surface area contributed by atoms with Gasteiger partial charge in [-0.2, -0.15) is 0 Å². The summed E-state index contributed by atoms with van der Waals surface area (Å²) in [6, 6.07) is 3.28. The molecule has 28 heavy (non-hydrogen) atoms. The van der Waals surface area contributed by atoms with E-state index in [9.17, 15) is 13.6 Å². The van der Waals surface area contributed by atoms with E-state index in [2.05, 4.69) is 15.2 Å². The second-order valence-electron chi connectivity index (χ2n) is 7.20. The molecule has 1 saturated heterocycles. The summed E-state index contributed by atoms with van der Waals surface area (Å²) in [6.07, 6.45) is 8.12. The number of oxazole rings is 1. The lowest BCUT2D eigenvalue weighted by molar-refractivity contribution is -0.121. The molecule has 5 nitrogen and oxygen atoms in total. The molecule has 1 aromatic carbocycles. The molecule has 0 saturated carbocycles. The molecule has 0 radical (unpaired) electrons. The Kier molecular flexibility index (Phi) is 7.54. The van der Waals surface area contributed by atoms with Gasteiger partial charge in [0.2, 0.25) is 5.91 Å². The van der Waals surface area contributed by atoms with Crippen molar-refractivity contribution in [3.05, 3.63) is 41.9 Å². The Balaban J connectivity index is 1.37. The number of aryl methyl sites for hydroxylation is 1. The molecule has 1 amide bonds. The Hall–Kier alpha value is -2.28. The Morgan fingerprint density at radius 3 is 2.71 bits per heavy atom. The van der Waals surface area contributed by atoms with Gasteiger partial charge >= 0.3 is 0 Å². The summed E-state index contributed by atoms with van der Waals surface area (Å²) in [6.45, 7) is 4.00. The predicted molar refractivity (Wildman–Crippen MR) is 103 cm³/mol. The standard InChI is InChI=1S/C21H27F2N3O2/c22-16-6-7-17(18(23)14-16)19-15-25-21(28-19)9-8-20(27)24-10-5-13-26-11-3-1-2-4-12-26/h6-7,14-15H,1-5,8-13H2,(H,24,27). The highest BCUT2D eigenvalue weighted by Gasteiger charge is 2.13. The molecule has 152 valence electrons. The van der Waals surface area contributed by atoms with Crippen molar-refractivity contribution in [2.24, 2.45) is 0 Å². The number of aromatic nitrogens is 1. The van der Waals surface area contributed by atoms with E-state index in [0.29, 0.717) is 18.9 Å². The zero-order valence-corrected chi connectivity index (χ0v) is 16.1. The quantitative estimate of drug-likeness (QED) is 0.693. The number of carbonyl (C=O) groups is 1. The zero-order valence-electron chi connectivity index (χ0n) is 16.1. The van der Waals surface area contributed by atoms with Crippen molar-refractivity contribution in [3.63, 3.8) is 0 Å². The molecule has 2 aromatic rings. The number of benzene rings is 1. The molecule has 1 fully saturated rings.